The zero-order valence-corrected chi connectivity index (χ0v) is 21.5. The summed E-state index contributed by atoms with van der Waals surface area (Å²) in [5, 5.41) is 5.58. The standard InChI is InChI=1S/C10H10NO.2C10H8NO.Al/c2*1-12-9-6-2-4-8-5-3-7-11-10(8)9;12-7-9-4-1-3-8-5-2-6-11-10(8)9;/h2-6,11H,1,7H2;2-7H,1H2;1-6H,7H2;/q;;-1;+1. The highest BCUT2D eigenvalue weighted by Gasteiger charge is 2.26. The number of aromatic nitrogens is 2. The van der Waals surface area contributed by atoms with Crippen LogP contribution in [0.1, 0.15) is 11.1 Å². The molecule has 0 aliphatic carbocycles. The average Bonchev–Trinajstić information content (AvgIpc) is 2.96. The van der Waals surface area contributed by atoms with Gasteiger partial charge in [0.2, 0.25) is 0 Å². The summed E-state index contributed by atoms with van der Waals surface area (Å²) >= 11 is -1.99. The molecule has 0 bridgehead atoms. The first-order chi connectivity index (χ1) is 18.3. The molecule has 37 heavy (non-hydrogen) atoms. The molecule has 6 nitrogen and oxygen atoms in total. The minimum Gasteiger partial charge on any atom is -0.503 e. The predicted octanol–water partition coefficient (Wildman–Crippen LogP) is 5.97. The fourth-order valence-electron chi connectivity index (χ4n) is 4.54. The van der Waals surface area contributed by atoms with E-state index in [1.165, 1.54) is 0 Å². The highest BCUT2D eigenvalue weighted by molar-refractivity contribution is 6.51. The maximum atomic E-state index is 6.53. The normalized spacial score (nSPS) is 12.2. The van der Waals surface area contributed by atoms with E-state index in [2.05, 4.69) is 51.7 Å². The second-order valence-corrected chi connectivity index (χ2v) is 11.1. The lowest BCUT2D eigenvalue weighted by Crippen LogP contribution is -2.34. The number of nitrogens with one attached hydrogen (secondary N) is 1. The SMILES string of the molecule is C1=Cc2cccc(O[CH2][Al]([CH2]Oc3cccc4cccnc34)[O]Cc3cccc4cccnc34)c2NC1. The summed E-state index contributed by atoms with van der Waals surface area (Å²) in [6.07, 6.45) is 7.84. The molecular weight excluding hydrogens is 477 g/mol. The number of pyridine rings is 2. The van der Waals surface area contributed by atoms with Gasteiger partial charge in [0.1, 0.15) is 17.0 Å². The highest BCUT2D eigenvalue weighted by Crippen LogP contribution is 2.31. The first-order valence-corrected chi connectivity index (χ1v) is 14.5. The van der Waals surface area contributed by atoms with Gasteiger partial charge in [-0.05, 0) is 24.3 Å². The molecule has 0 amide bonds. The van der Waals surface area contributed by atoms with Crippen molar-refractivity contribution in [1.82, 2.24) is 9.97 Å². The van der Waals surface area contributed by atoms with Crippen LogP contribution in [0, 0.1) is 0 Å². The van der Waals surface area contributed by atoms with Crippen LogP contribution in [0.15, 0.2) is 97.3 Å². The Morgan fingerprint density at radius 3 is 2.27 bits per heavy atom. The number of anilines is 1. The number of hydrogen-bond acceptors (Lipinski definition) is 6. The van der Waals surface area contributed by atoms with Gasteiger partial charge in [0.25, 0.3) is 0 Å². The van der Waals surface area contributed by atoms with E-state index in [4.69, 9.17) is 13.3 Å². The summed E-state index contributed by atoms with van der Waals surface area (Å²) in [4.78, 5) is 9.10. The maximum absolute atomic E-state index is 6.53. The Labute approximate surface area is 220 Å². The van der Waals surface area contributed by atoms with Gasteiger partial charge >= 0.3 is 14.5 Å². The van der Waals surface area contributed by atoms with E-state index >= 15 is 0 Å². The van der Waals surface area contributed by atoms with Crippen molar-refractivity contribution in [2.24, 2.45) is 0 Å². The molecule has 3 heterocycles. The van der Waals surface area contributed by atoms with Crippen LogP contribution >= 0.6 is 0 Å². The number of nitrogens with zero attached hydrogens (tertiary/aromatic N) is 2. The average molecular weight is 504 g/mol. The van der Waals surface area contributed by atoms with Gasteiger partial charge in [-0.1, -0.05) is 66.7 Å². The second kappa shape index (κ2) is 11.0. The van der Waals surface area contributed by atoms with Gasteiger partial charge in [-0.25, -0.2) is 0 Å². The lowest BCUT2D eigenvalue weighted by molar-refractivity contribution is 0.248. The van der Waals surface area contributed by atoms with Gasteiger partial charge in [-0.2, -0.15) is 0 Å². The first-order valence-electron chi connectivity index (χ1n) is 12.4. The van der Waals surface area contributed by atoms with E-state index in [-0.39, 0.29) is 0 Å². The summed E-state index contributed by atoms with van der Waals surface area (Å²) < 4.78 is 19.2. The fraction of sp³-hybridized carbons (Fsp3) is 0.133. The van der Waals surface area contributed by atoms with E-state index in [1.807, 2.05) is 60.8 Å². The van der Waals surface area contributed by atoms with Gasteiger partial charge in [0.15, 0.2) is 0 Å². The molecule has 1 aliphatic rings. The zero-order valence-electron chi connectivity index (χ0n) is 20.3. The minimum absolute atomic E-state index is 0.455. The third kappa shape index (κ3) is 5.30. The Morgan fingerprint density at radius 1 is 0.730 bits per heavy atom. The third-order valence-corrected chi connectivity index (χ3v) is 8.10. The van der Waals surface area contributed by atoms with Gasteiger partial charge in [-0.3, -0.25) is 9.97 Å². The molecule has 5 aromatic rings. The molecule has 7 heteroatoms. The van der Waals surface area contributed by atoms with Crippen LogP contribution < -0.4 is 14.8 Å². The molecule has 1 aliphatic heterocycles. The van der Waals surface area contributed by atoms with Gasteiger partial charge in [0, 0.05) is 47.4 Å². The molecular formula is C30H26AlN3O3. The molecule has 0 spiro atoms. The maximum Gasteiger partial charge on any atom is 0.545 e. The van der Waals surface area contributed by atoms with Crippen molar-refractivity contribution in [2.75, 3.05) is 22.8 Å². The molecule has 0 saturated carbocycles. The Kier molecular flexibility index (Phi) is 7.00. The van der Waals surface area contributed by atoms with E-state index in [9.17, 15) is 0 Å². The highest BCUT2D eigenvalue weighted by atomic mass is 27.2. The third-order valence-electron chi connectivity index (χ3n) is 6.39. The van der Waals surface area contributed by atoms with Crippen molar-refractivity contribution in [3.63, 3.8) is 0 Å². The summed E-state index contributed by atoms with van der Waals surface area (Å²) in [6.45, 7) is 1.25. The van der Waals surface area contributed by atoms with Crippen LogP contribution in [0.2, 0.25) is 0 Å². The second-order valence-electron chi connectivity index (χ2n) is 8.88. The number of fused-ring (bicyclic) bond motifs is 3. The Morgan fingerprint density at radius 2 is 1.41 bits per heavy atom. The summed E-state index contributed by atoms with van der Waals surface area (Å²) in [7, 11) is 0. The van der Waals surface area contributed by atoms with Crippen molar-refractivity contribution in [3.05, 3.63) is 108 Å². The largest absolute Gasteiger partial charge is 0.545 e. The molecule has 0 atom stereocenters. The topological polar surface area (TPSA) is 65.5 Å². The van der Waals surface area contributed by atoms with Crippen molar-refractivity contribution >= 4 is 48.1 Å². The fourth-order valence-corrected chi connectivity index (χ4v) is 5.97. The van der Waals surface area contributed by atoms with Crippen LogP contribution in [0.5, 0.6) is 11.5 Å². The van der Waals surface area contributed by atoms with Crippen molar-refractivity contribution < 1.29 is 13.3 Å². The Bertz CT molecular complexity index is 1480. The molecule has 0 saturated heterocycles. The zero-order chi connectivity index (χ0) is 24.9. The Hall–Kier alpha value is -3.89. The van der Waals surface area contributed by atoms with E-state index < -0.39 is 14.5 Å². The molecule has 1 N–H and O–H groups in total. The van der Waals surface area contributed by atoms with Crippen LogP contribution in [0.3, 0.4) is 0 Å². The lowest BCUT2D eigenvalue weighted by Gasteiger charge is -2.20. The molecule has 182 valence electrons. The summed E-state index contributed by atoms with van der Waals surface area (Å²) in [6, 6.07) is 26.3. The summed E-state index contributed by atoms with van der Waals surface area (Å²) in [5.74, 6) is 1.59. The van der Waals surface area contributed by atoms with E-state index in [1.54, 1.807) is 6.20 Å². The summed E-state index contributed by atoms with van der Waals surface area (Å²) in [5.41, 5.74) is 5.95. The lowest BCUT2D eigenvalue weighted by atomic mass is 10.1. The molecule has 3 aromatic carbocycles. The molecule has 0 radical (unpaired) electrons. The van der Waals surface area contributed by atoms with E-state index in [0.717, 1.165) is 56.7 Å². The van der Waals surface area contributed by atoms with Crippen molar-refractivity contribution in [3.8, 4) is 11.5 Å². The first kappa shape index (κ1) is 23.5. The van der Waals surface area contributed by atoms with Crippen molar-refractivity contribution in [1.29, 1.82) is 0 Å². The Balaban J connectivity index is 1.22. The van der Waals surface area contributed by atoms with Crippen LogP contribution in [-0.2, 0) is 10.4 Å². The van der Waals surface area contributed by atoms with Crippen molar-refractivity contribution in [2.45, 2.75) is 6.61 Å². The number of benzene rings is 3. The van der Waals surface area contributed by atoms with Gasteiger partial charge < -0.3 is 18.6 Å². The number of ether oxygens (including phenoxy) is 2. The molecule has 0 unspecified atom stereocenters. The van der Waals surface area contributed by atoms with Crippen LogP contribution in [-0.4, -0.2) is 41.9 Å². The smallest absolute Gasteiger partial charge is 0.503 e. The monoisotopic (exact) mass is 503 g/mol. The van der Waals surface area contributed by atoms with Crippen LogP contribution in [0.25, 0.3) is 27.9 Å². The molecule has 0 fully saturated rings. The molecule has 6 rings (SSSR count). The van der Waals surface area contributed by atoms with Gasteiger partial charge in [-0.15, -0.1) is 0 Å². The van der Waals surface area contributed by atoms with Gasteiger partial charge in [0.05, 0.1) is 22.1 Å². The number of para-hydroxylation sites is 3. The quantitative estimate of drug-likeness (QED) is 0.250. The van der Waals surface area contributed by atoms with Crippen LogP contribution in [0.4, 0.5) is 5.69 Å². The molecule has 2 aromatic heterocycles. The number of rotatable bonds is 9. The van der Waals surface area contributed by atoms with E-state index in [0.29, 0.717) is 17.5 Å². The minimum atomic E-state index is -1.99. The number of hydrogen-bond donors (Lipinski definition) is 1. The predicted molar refractivity (Wildman–Crippen MR) is 149 cm³/mol.